The zero-order valence-electron chi connectivity index (χ0n) is 7.43. The summed E-state index contributed by atoms with van der Waals surface area (Å²) in [5.41, 5.74) is 7.40. The SMILES string of the molecule is C=C(/C=C\C(=C)C(C)C)CN. The van der Waals surface area contributed by atoms with E-state index in [4.69, 9.17) is 5.73 Å². The van der Waals surface area contributed by atoms with Gasteiger partial charge >= 0.3 is 0 Å². The first-order chi connectivity index (χ1) is 5.07. The van der Waals surface area contributed by atoms with Crippen molar-refractivity contribution in [1.82, 2.24) is 0 Å². The third-order valence-corrected chi connectivity index (χ3v) is 1.54. The van der Waals surface area contributed by atoms with Gasteiger partial charge in [0.1, 0.15) is 0 Å². The van der Waals surface area contributed by atoms with E-state index in [9.17, 15) is 0 Å². The highest BCUT2D eigenvalue weighted by molar-refractivity contribution is 5.25. The Morgan fingerprint density at radius 3 is 2.27 bits per heavy atom. The van der Waals surface area contributed by atoms with Gasteiger partial charge in [-0.25, -0.2) is 0 Å². The lowest BCUT2D eigenvalue weighted by Crippen LogP contribution is -1.99. The van der Waals surface area contributed by atoms with Gasteiger partial charge < -0.3 is 5.73 Å². The highest BCUT2D eigenvalue weighted by atomic mass is 14.5. The zero-order chi connectivity index (χ0) is 8.85. The molecule has 0 saturated carbocycles. The molecule has 0 fully saturated rings. The van der Waals surface area contributed by atoms with Crippen molar-refractivity contribution in [3.8, 4) is 0 Å². The van der Waals surface area contributed by atoms with Crippen molar-refractivity contribution in [2.45, 2.75) is 13.8 Å². The largest absolute Gasteiger partial charge is 0.327 e. The average molecular weight is 151 g/mol. The van der Waals surface area contributed by atoms with Gasteiger partial charge in [0.2, 0.25) is 0 Å². The predicted octanol–water partition coefficient (Wildman–Crippen LogP) is 2.27. The molecule has 0 aliphatic heterocycles. The number of hydrogen-bond donors (Lipinski definition) is 1. The molecule has 0 aromatic heterocycles. The molecule has 0 spiro atoms. The summed E-state index contributed by atoms with van der Waals surface area (Å²) >= 11 is 0. The van der Waals surface area contributed by atoms with Gasteiger partial charge in [0.15, 0.2) is 0 Å². The monoisotopic (exact) mass is 151 g/mol. The van der Waals surface area contributed by atoms with Gasteiger partial charge in [-0.3, -0.25) is 0 Å². The van der Waals surface area contributed by atoms with E-state index >= 15 is 0 Å². The van der Waals surface area contributed by atoms with E-state index in [1.54, 1.807) is 0 Å². The van der Waals surface area contributed by atoms with E-state index in [2.05, 4.69) is 27.0 Å². The smallest absolute Gasteiger partial charge is 0.0172 e. The molecule has 0 rings (SSSR count). The van der Waals surface area contributed by atoms with Gasteiger partial charge in [-0.2, -0.15) is 0 Å². The van der Waals surface area contributed by atoms with Crippen molar-refractivity contribution in [3.63, 3.8) is 0 Å². The number of allylic oxidation sites excluding steroid dienone is 2. The molecule has 1 nitrogen and oxygen atoms in total. The van der Waals surface area contributed by atoms with E-state index in [0.29, 0.717) is 12.5 Å². The van der Waals surface area contributed by atoms with Crippen LogP contribution in [0.5, 0.6) is 0 Å². The Balaban J connectivity index is 3.93. The summed E-state index contributed by atoms with van der Waals surface area (Å²) < 4.78 is 0. The van der Waals surface area contributed by atoms with Crippen LogP contribution in [-0.4, -0.2) is 6.54 Å². The van der Waals surface area contributed by atoms with Crippen LogP contribution in [0.4, 0.5) is 0 Å². The van der Waals surface area contributed by atoms with Gasteiger partial charge in [-0.1, -0.05) is 44.7 Å². The maximum absolute atomic E-state index is 5.35. The number of hydrogen-bond acceptors (Lipinski definition) is 1. The molecular formula is C10H17N. The maximum Gasteiger partial charge on any atom is 0.0172 e. The van der Waals surface area contributed by atoms with Crippen molar-refractivity contribution in [1.29, 1.82) is 0 Å². The van der Waals surface area contributed by atoms with Crippen LogP contribution in [0, 0.1) is 5.92 Å². The van der Waals surface area contributed by atoms with E-state index in [-0.39, 0.29) is 0 Å². The van der Waals surface area contributed by atoms with Gasteiger partial charge in [0, 0.05) is 6.54 Å². The number of rotatable bonds is 4. The van der Waals surface area contributed by atoms with Gasteiger partial charge in [0.25, 0.3) is 0 Å². The molecular weight excluding hydrogens is 134 g/mol. The lowest BCUT2D eigenvalue weighted by molar-refractivity contribution is 0.795. The second-order valence-electron chi connectivity index (χ2n) is 2.93. The predicted molar refractivity (Wildman–Crippen MR) is 51.3 cm³/mol. The highest BCUT2D eigenvalue weighted by Gasteiger charge is 1.93. The fourth-order valence-electron chi connectivity index (χ4n) is 0.485. The lowest BCUT2D eigenvalue weighted by Gasteiger charge is -2.02. The summed E-state index contributed by atoms with van der Waals surface area (Å²) in [6, 6.07) is 0. The zero-order valence-corrected chi connectivity index (χ0v) is 7.43. The fraction of sp³-hybridized carbons (Fsp3) is 0.400. The Hall–Kier alpha value is -0.820. The molecule has 0 aromatic carbocycles. The van der Waals surface area contributed by atoms with Crippen LogP contribution >= 0.6 is 0 Å². The Kier molecular flexibility index (Phi) is 4.55. The first kappa shape index (κ1) is 10.2. The number of nitrogens with two attached hydrogens (primary N) is 1. The quantitative estimate of drug-likeness (QED) is 0.613. The Labute approximate surface area is 69.3 Å². The van der Waals surface area contributed by atoms with Gasteiger partial charge in [-0.15, -0.1) is 0 Å². The molecule has 2 N–H and O–H groups in total. The second kappa shape index (κ2) is 4.91. The minimum atomic E-state index is 0.497. The van der Waals surface area contributed by atoms with Crippen molar-refractivity contribution in [2.24, 2.45) is 11.7 Å². The Bertz CT molecular complexity index is 175. The topological polar surface area (TPSA) is 26.0 Å². The average Bonchev–Trinajstić information content (AvgIpc) is 1.99. The van der Waals surface area contributed by atoms with Crippen LogP contribution in [0.15, 0.2) is 36.5 Å². The minimum Gasteiger partial charge on any atom is -0.327 e. The van der Waals surface area contributed by atoms with Crippen LogP contribution in [-0.2, 0) is 0 Å². The van der Waals surface area contributed by atoms with Crippen molar-refractivity contribution < 1.29 is 0 Å². The van der Waals surface area contributed by atoms with Crippen LogP contribution < -0.4 is 5.73 Å². The summed E-state index contributed by atoms with van der Waals surface area (Å²) in [5, 5.41) is 0. The maximum atomic E-state index is 5.35. The third-order valence-electron chi connectivity index (χ3n) is 1.54. The molecule has 0 aromatic rings. The molecule has 0 bridgehead atoms. The normalized spacial score (nSPS) is 10.9. The van der Waals surface area contributed by atoms with E-state index in [1.165, 1.54) is 0 Å². The molecule has 0 aliphatic carbocycles. The van der Waals surface area contributed by atoms with Gasteiger partial charge in [-0.05, 0) is 11.5 Å². The van der Waals surface area contributed by atoms with E-state index in [0.717, 1.165) is 11.1 Å². The van der Waals surface area contributed by atoms with Gasteiger partial charge in [0.05, 0.1) is 0 Å². The molecule has 0 unspecified atom stereocenters. The third kappa shape index (κ3) is 4.57. The summed E-state index contributed by atoms with van der Waals surface area (Å²) in [6.45, 7) is 12.4. The molecule has 0 heterocycles. The molecule has 0 aliphatic rings. The Morgan fingerprint density at radius 2 is 1.91 bits per heavy atom. The van der Waals surface area contributed by atoms with Crippen LogP contribution in [0.2, 0.25) is 0 Å². The highest BCUT2D eigenvalue weighted by Crippen LogP contribution is 2.08. The van der Waals surface area contributed by atoms with Crippen molar-refractivity contribution in [2.75, 3.05) is 6.54 Å². The first-order valence-corrected chi connectivity index (χ1v) is 3.82. The summed E-state index contributed by atoms with van der Waals surface area (Å²) in [6.07, 6.45) is 3.89. The molecule has 0 amide bonds. The molecule has 11 heavy (non-hydrogen) atoms. The molecule has 1 heteroatoms. The lowest BCUT2D eigenvalue weighted by atomic mass is 10.0. The summed E-state index contributed by atoms with van der Waals surface area (Å²) in [4.78, 5) is 0. The van der Waals surface area contributed by atoms with Crippen molar-refractivity contribution in [3.05, 3.63) is 36.5 Å². The van der Waals surface area contributed by atoms with E-state index < -0.39 is 0 Å². The second-order valence-corrected chi connectivity index (χ2v) is 2.93. The first-order valence-electron chi connectivity index (χ1n) is 3.82. The van der Waals surface area contributed by atoms with Crippen molar-refractivity contribution >= 4 is 0 Å². The van der Waals surface area contributed by atoms with E-state index in [1.807, 2.05) is 12.2 Å². The Morgan fingerprint density at radius 1 is 1.36 bits per heavy atom. The molecule has 0 saturated heterocycles. The summed E-state index contributed by atoms with van der Waals surface area (Å²) in [7, 11) is 0. The fourth-order valence-corrected chi connectivity index (χ4v) is 0.485. The minimum absolute atomic E-state index is 0.497. The van der Waals surface area contributed by atoms with Crippen LogP contribution in [0.1, 0.15) is 13.8 Å². The molecule has 0 radical (unpaired) electrons. The molecule has 0 atom stereocenters. The summed E-state index contributed by atoms with van der Waals surface area (Å²) in [5.74, 6) is 0.497. The van der Waals surface area contributed by atoms with Crippen LogP contribution in [0.3, 0.4) is 0 Å². The standard InChI is InChI=1S/C10H17N/c1-8(2)10(4)6-5-9(3)7-11/h5-6,8H,3-4,7,11H2,1-2H3/b6-5-. The van der Waals surface area contributed by atoms with Crippen LogP contribution in [0.25, 0.3) is 0 Å². The molecule has 62 valence electrons.